The Morgan fingerprint density at radius 1 is 0.967 bits per heavy atom. The molecular weight excluding hydrogens is 395 g/mol. The minimum atomic E-state index is -0.195. The van der Waals surface area contributed by atoms with Crippen molar-refractivity contribution in [1.82, 2.24) is 9.47 Å². The van der Waals surface area contributed by atoms with Crippen molar-refractivity contribution < 1.29 is 4.39 Å². The number of piperidine rings is 1. The number of hydrogen-bond donors (Lipinski definition) is 0. The fraction of sp³-hybridized carbons (Fsp3) is 0.320. The Kier molecular flexibility index (Phi) is 5.25. The molecular formula is C25H25FN2OS. The van der Waals surface area contributed by atoms with Gasteiger partial charge in [-0.2, -0.15) is 0 Å². The van der Waals surface area contributed by atoms with Crippen molar-refractivity contribution in [1.29, 1.82) is 0 Å². The van der Waals surface area contributed by atoms with Gasteiger partial charge in [-0.25, -0.2) is 4.39 Å². The molecule has 3 heterocycles. The first-order valence-electron chi connectivity index (χ1n) is 10.5. The smallest absolute Gasteiger partial charge is 0.250 e. The van der Waals surface area contributed by atoms with Crippen LogP contribution in [0.5, 0.6) is 0 Å². The first-order chi connectivity index (χ1) is 14.6. The van der Waals surface area contributed by atoms with Gasteiger partial charge >= 0.3 is 0 Å². The van der Waals surface area contributed by atoms with Gasteiger partial charge in [0.1, 0.15) is 5.82 Å². The molecule has 0 spiro atoms. The van der Waals surface area contributed by atoms with E-state index in [9.17, 15) is 9.18 Å². The number of aromatic nitrogens is 1. The molecule has 2 aromatic carbocycles. The van der Waals surface area contributed by atoms with Gasteiger partial charge in [0.25, 0.3) is 5.56 Å². The van der Waals surface area contributed by atoms with E-state index in [0.29, 0.717) is 11.8 Å². The van der Waals surface area contributed by atoms with Crippen molar-refractivity contribution in [2.75, 3.05) is 19.3 Å². The summed E-state index contributed by atoms with van der Waals surface area (Å²) in [6.07, 6.45) is 3.20. The van der Waals surface area contributed by atoms with Gasteiger partial charge < -0.3 is 4.57 Å². The lowest BCUT2D eigenvalue weighted by Gasteiger charge is -2.43. The van der Waals surface area contributed by atoms with Crippen molar-refractivity contribution in [2.45, 2.75) is 30.3 Å². The molecule has 30 heavy (non-hydrogen) atoms. The first kappa shape index (κ1) is 19.6. The molecule has 1 fully saturated rings. The Morgan fingerprint density at radius 3 is 2.47 bits per heavy atom. The molecule has 0 N–H and O–H groups in total. The predicted molar refractivity (Wildman–Crippen MR) is 120 cm³/mol. The van der Waals surface area contributed by atoms with Crippen molar-refractivity contribution in [3.63, 3.8) is 0 Å². The molecule has 3 aromatic rings. The molecule has 0 unspecified atom stereocenters. The van der Waals surface area contributed by atoms with Crippen LogP contribution in [0.15, 0.2) is 70.4 Å². The summed E-state index contributed by atoms with van der Waals surface area (Å²) in [5, 5.41) is 0. The van der Waals surface area contributed by atoms with Crippen LogP contribution in [0, 0.1) is 11.7 Å². The van der Waals surface area contributed by atoms with Crippen LogP contribution in [0.1, 0.15) is 23.6 Å². The molecule has 5 rings (SSSR count). The number of halogens is 1. The number of fused-ring (bicyclic) bond motifs is 4. The second-order valence-corrected chi connectivity index (χ2v) is 9.31. The molecule has 1 aromatic heterocycles. The van der Waals surface area contributed by atoms with E-state index < -0.39 is 0 Å². The number of nitrogens with zero attached hydrogens (tertiary/aromatic N) is 2. The third-order valence-corrected chi connectivity index (χ3v) is 7.13. The molecule has 1 saturated heterocycles. The van der Waals surface area contributed by atoms with Crippen LogP contribution in [-0.4, -0.2) is 28.8 Å². The Hall–Kier alpha value is -2.37. The highest BCUT2D eigenvalue weighted by Gasteiger charge is 2.36. The number of likely N-dealkylation sites (tertiary alicyclic amines) is 1. The fourth-order valence-electron chi connectivity index (χ4n) is 5.11. The second kappa shape index (κ2) is 8.05. The third-order valence-electron chi connectivity index (χ3n) is 6.39. The average Bonchev–Trinajstić information content (AvgIpc) is 2.76. The molecule has 154 valence electrons. The molecule has 2 aliphatic heterocycles. The molecule has 0 saturated carbocycles. The summed E-state index contributed by atoms with van der Waals surface area (Å²) in [5.41, 5.74) is 4.77. The lowest BCUT2D eigenvalue weighted by Crippen LogP contribution is -2.47. The first-order valence-corrected chi connectivity index (χ1v) is 11.7. The molecule has 0 amide bonds. The normalized spacial score (nSPS) is 20.7. The van der Waals surface area contributed by atoms with Gasteiger partial charge in [-0.3, -0.25) is 9.69 Å². The van der Waals surface area contributed by atoms with E-state index in [0.717, 1.165) is 38.2 Å². The molecule has 0 radical (unpaired) electrons. The van der Waals surface area contributed by atoms with Crippen LogP contribution in [0.25, 0.3) is 11.1 Å². The highest BCUT2D eigenvalue weighted by atomic mass is 32.2. The zero-order valence-corrected chi connectivity index (χ0v) is 17.9. The molecule has 2 aliphatic rings. The van der Waals surface area contributed by atoms with Gasteiger partial charge in [-0.05, 0) is 60.1 Å². The van der Waals surface area contributed by atoms with E-state index in [1.807, 2.05) is 22.8 Å². The van der Waals surface area contributed by atoms with E-state index >= 15 is 0 Å². The monoisotopic (exact) mass is 420 g/mol. The molecule has 5 heteroatoms. The van der Waals surface area contributed by atoms with Crippen molar-refractivity contribution >= 4 is 11.8 Å². The third kappa shape index (κ3) is 3.72. The summed E-state index contributed by atoms with van der Waals surface area (Å²) < 4.78 is 15.3. The quantitative estimate of drug-likeness (QED) is 0.556. The van der Waals surface area contributed by atoms with E-state index in [2.05, 4.69) is 35.4 Å². The molecule has 3 nitrogen and oxygen atoms in total. The summed E-state index contributed by atoms with van der Waals surface area (Å²) >= 11 is 1.74. The van der Waals surface area contributed by atoms with E-state index in [1.54, 1.807) is 17.8 Å². The molecule has 2 atom stereocenters. The number of rotatable bonds is 4. The number of thioether (sulfide) groups is 1. The lowest BCUT2D eigenvalue weighted by atomic mass is 9.80. The number of pyridine rings is 1. The highest BCUT2D eigenvalue weighted by molar-refractivity contribution is 7.98. The van der Waals surface area contributed by atoms with Gasteiger partial charge in [0.2, 0.25) is 0 Å². The minimum absolute atomic E-state index is 0.108. The number of benzene rings is 2. The zero-order valence-electron chi connectivity index (χ0n) is 17.1. The van der Waals surface area contributed by atoms with Gasteiger partial charge in [0, 0.05) is 54.3 Å². The average molecular weight is 421 g/mol. The summed E-state index contributed by atoms with van der Waals surface area (Å²) in [6.45, 7) is 3.50. The zero-order chi connectivity index (χ0) is 20.7. The van der Waals surface area contributed by atoms with Crippen LogP contribution >= 0.6 is 11.8 Å². The van der Waals surface area contributed by atoms with Gasteiger partial charge in [-0.1, -0.05) is 24.3 Å². The summed E-state index contributed by atoms with van der Waals surface area (Å²) in [6, 6.07) is 19.2. The molecule has 0 aliphatic carbocycles. The topological polar surface area (TPSA) is 25.2 Å². The van der Waals surface area contributed by atoms with Crippen LogP contribution in [0.3, 0.4) is 0 Å². The Balaban J connectivity index is 1.48. The predicted octanol–water partition coefficient (Wildman–Crippen LogP) is 5.00. The Bertz CT molecular complexity index is 1110. The van der Waals surface area contributed by atoms with Crippen molar-refractivity contribution in [2.24, 2.45) is 5.92 Å². The lowest BCUT2D eigenvalue weighted by molar-refractivity contribution is 0.114. The maximum atomic E-state index is 13.3. The van der Waals surface area contributed by atoms with Gasteiger partial charge in [-0.15, -0.1) is 11.8 Å². The maximum absolute atomic E-state index is 13.3. The fourth-order valence-corrected chi connectivity index (χ4v) is 5.51. The van der Waals surface area contributed by atoms with Crippen LogP contribution in [0.2, 0.25) is 0 Å². The maximum Gasteiger partial charge on any atom is 0.250 e. The van der Waals surface area contributed by atoms with E-state index in [1.165, 1.54) is 33.8 Å². The number of hydrogen-bond acceptors (Lipinski definition) is 3. The van der Waals surface area contributed by atoms with Crippen molar-refractivity contribution in [3.05, 3.63) is 88.1 Å². The minimum Gasteiger partial charge on any atom is -0.311 e. The van der Waals surface area contributed by atoms with Crippen LogP contribution in [0.4, 0.5) is 4.39 Å². The van der Waals surface area contributed by atoms with Crippen molar-refractivity contribution in [3.8, 4) is 11.1 Å². The van der Waals surface area contributed by atoms with Gasteiger partial charge in [0.05, 0.1) is 0 Å². The summed E-state index contributed by atoms with van der Waals surface area (Å²) in [4.78, 5) is 16.4. The SMILES string of the molecule is CSc1ccc(-c2ccc(=O)n3c2[C@@H]2C[C@@H](CN(Cc4ccc(F)cc4)C2)C3)cc1. The van der Waals surface area contributed by atoms with Crippen LogP contribution < -0.4 is 5.56 Å². The standard InChI is InChI=1S/C25H25FN2OS/c1-30-22-8-4-19(5-9-22)23-10-11-24(29)28-15-18-12-20(25(23)28)16-27(14-18)13-17-2-6-21(26)7-3-17/h2-11,18,20H,12-16H2,1H3/t18-,20+/m0/s1. The second-order valence-electron chi connectivity index (χ2n) is 8.43. The van der Waals surface area contributed by atoms with Crippen LogP contribution in [-0.2, 0) is 13.1 Å². The van der Waals surface area contributed by atoms with E-state index in [-0.39, 0.29) is 11.4 Å². The Morgan fingerprint density at radius 2 is 1.73 bits per heavy atom. The summed E-state index contributed by atoms with van der Waals surface area (Å²) in [7, 11) is 0. The largest absolute Gasteiger partial charge is 0.311 e. The highest BCUT2D eigenvalue weighted by Crippen LogP contribution is 2.40. The Labute approximate surface area is 180 Å². The van der Waals surface area contributed by atoms with Gasteiger partial charge in [0.15, 0.2) is 0 Å². The molecule has 2 bridgehead atoms. The summed E-state index contributed by atoms with van der Waals surface area (Å²) in [5.74, 6) is 0.616. The van der Waals surface area contributed by atoms with E-state index in [4.69, 9.17) is 0 Å².